The van der Waals surface area contributed by atoms with Crippen LogP contribution < -0.4 is 10.9 Å². The van der Waals surface area contributed by atoms with Crippen LogP contribution in [0, 0.1) is 34.6 Å². The third kappa shape index (κ3) is 4.19. The second kappa shape index (κ2) is 7.80. The topological polar surface area (TPSA) is 64.0 Å². The van der Waals surface area contributed by atoms with E-state index >= 15 is 0 Å². The number of hydrogen-bond donors (Lipinski definition) is 1. The Kier molecular flexibility index (Phi) is 5.45. The lowest BCUT2D eigenvalue weighted by atomic mass is 10.0. The van der Waals surface area contributed by atoms with E-state index in [1.54, 1.807) is 6.07 Å². The van der Waals surface area contributed by atoms with E-state index in [4.69, 9.17) is 0 Å². The molecule has 0 radical (unpaired) electrons. The van der Waals surface area contributed by atoms with Crippen LogP contribution in [0.1, 0.15) is 27.8 Å². The summed E-state index contributed by atoms with van der Waals surface area (Å²) in [6.45, 7) is 9.85. The highest BCUT2D eigenvalue weighted by molar-refractivity contribution is 5.92. The molecule has 0 unspecified atom stereocenters. The number of hydrogen-bond acceptors (Lipinski definition) is 3. The molecule has 1 aromatic heterocycles. The minimum absolute atomic E-state index is 0.135. The second-order valence-electron chi connectivity index (χ2n) is 7.35. The first-order valence-corrected chi connectivity index (χ1v) is 9.28. The summed E-state index contributed by atoms with van der Waals surface area (Å²) in [5, 5.41) is 7.34. The Morgan fingerprint density at radius 2 is 1.54 bits per heavy atom. The summed E-state index contributed by atoms with van der Waals surface area (Å²) in [7, 11) is 0. The highest BCUT2D eigenvalue weighted by Gasteiger charge is 2.12. The SMILES string of the molecule is Cc1ccc(-c2ccc(=O)n(CC(=O)Nc3c(C)cc(C)cc3C)n2)c(C)c1. The largest absolute Gasteiger partial charge is 0.324 e. The van der Waals surface area contributed by atoms with Gasteiger partial charge in [0, 0.05) is 17.3 Å². The van der Waals surface area contributed by atoms with E-state index in [1.165, 1.54) is 10.7 Å². The third-order valence-electron chi connectivity index (χ3n) is 4.76. The van der Waals surface area contributed by atoms with Crippen LogP contribution >= 0.6 is 0 Å². The van der Waals surface area contributed by atoms with Gasteiger partial charge in [0.2, 0.25) is 5.91 Å². The standard InChI is InChI=1S/C23H25N3O2/c1-14-6-7-19(16(3)10-14)20-8-9-22(28)26(25-20)13-21(27)24-23-17(4)11-15(2)12-18(23)5/h6-12H,13H2,1-5H3,(H,24,27). The summed E-state index contributed by atoms with van der Waals surface area (Å²) < 4.78 is 1.21. The minimum Gasteiger partial charge on any atom is -0.324 e. The smallest absolute Gasteiger partial charge is 0.267 e. The molecule has 3 aromatic rings. The third-order valence-corrected chi connectivity index (χ3v) is 4.76. The Morgan fingerprint density at radius 1 is 0.893 bits per heavy atom. The zero-order valence-electron chi connectivity index (χ0n) is 17.0. The van der Waals surface area contributed by atoms with Crippen molar-refractivity contribution >= 4 is 11.6 Å². The molecular formula is C23H25N3O2. The molecule has 1 heterocycles. The van der Waals surface area contributed by atoms with E-state index in [0.29, 0.717) is 5.69 Å². The predicted molar refractivity (Wildman–Crippen MR) is 113 cm³/mol. The summed E-state index contributed by atoms with van der Waals surface area (Å²) >= 11 is 0. The van der Waals surface area contributed by atoms with Crippen molar-refractivity contribution < 1.29 is 4.79 Å². The zero-order chi connectivity index (χ0) is 20.4. The molecule has 0 bridgehead atoms. The van der Waals surface area contributed by atoms with E-state index < -0.39 is 0 Å². The maximum absolute atomic E-state index is 12.6. The van der Waals surface area contributed by atoms with Gasteiger partial charge in [-0.05, 0) is 57.4 Å². The lowest BCUT2D eigenvalue weighted by Gasteiger charge is -2.14. The van der Waals surface area contributed by atoms with Crippen molar-refractivity contribution in [3.05, 3.63) is 80.6 Å². The van der Waals surface area contributed by atoms with Gasteiger partial charge in [0.05, 0.1) is 5.69 Å². The number of carbonyl (C=O) groups is 1. The van der Waals surface area contributed by atoms with Crippen LogP contribution in [0.2, 0.25) is 0 Å². The van der Waals surface area contributed by atoms with E-state index in [9.17, 15) is 9.59 Å². The molecule has 5 nitrogen and oxygen atoms in total. The molecule has 1 N–H and O–H groups in total. The van der Waals surface area contributed by atoms with Gasteiger partial charge in [-0.15, -0.1) is 0 Å². The number of aromatic nitrogens is 2. The average molecular weight is 375 g/mol. The molecule has 0 saturated carbocycles. The number of carbonyl (C=O) groups excluding carboxylic acids is 1. The molecule has 5 heteroatoms. The highest BCUT2D eigenvalue weighted by atomic mass is 16.2. The number of benzene rings is 2. The minimum atomic E-state index is -0.305. The van der Waals surface area contributed by atoms with Gasteiger partial charge in [-0.2, -0.15) is 5.10 Å². The molecule has 3 rings (SSSR count). The Morgan fingerprint density at radius 3 is 2.18 bits per heavy atom. The average Bonchev–Trinajstić information content (AvgIpc) is 2.60. The molecule has 0 spiro atoms. The van der Waals surface area contributed by atoms with E-state index in [1.807, 2.05) is 58.9 Å². The molecule has 0 fully saturated rings. The van der Waals surface area contributed by atoms with Crippen molar-refractivity contribution in [1.29, 1.82) is 0 Å². The number of anilines is 1. The van der Waals surface area contributed by atoms with Crippen LogP contribution in [0.3, 0.4) is 0 Å². The molecule has 0 atom stereocenters. The molecule has 2 aromatic carbocycles. The fourth-order valence-electron chi connectivity index (χ4n) is 3.50. The number of rotatable bonds is 4. The fourth-order valence-corrected chi connectivity index (χ4v) is 3.50. The van der Waals surface area contributed by atoms with Crippen molar-refractivity contribution in [2.75, 3.05) is 5.32 Å². The second-order valence-corrected chi connectivity index (χ2v) is 7.35. The molecule has 144 valence electrons. The van der Waals surface area contributed by atoms with Gasteiger partial charge in [-0.25, -0.2) is 4.68 Å². The van der Waals surface area contributed by atoms with Crippen molar-refractivity contribution in [3.63, 3.8) is 0 Å². The zero-order valence-corrected chi connectivity index (χ0v) is 17.0. The van der Waals surface area contributed by atoms with Gasteiger partial charge in [0.15, 0.2) is 0 Å². The Bertz CT molecular complexity index is 1090. The number of nitrogens with zero attached hydrogens (tertiary/aromatic N) is 2. The van der Waals surface area contributed by atoms with Gasteiger partial charge in [0.1, 0.15) is 6.54 Å². The first kappa shape index (κ1) is 19.5. The van der Waals surface area contributed by atoms with E-state index in [2.05, 4.69) is 16.5 Å². The molecule has 0 aliphatic rings. The fraction of sp³-hybridized carbons (Fsp3) is 0.261. The van der Waals surface area contributed by atoms with Crippen molar-refractivity contribution in [2.45, 2.75) is 41.2 Å². The number of amides is 1. The first-order chi connectivity index (χ1) is 13.2. The molecule has 1 amide bonds. The molecule has 28 heavy (non-hydrogen) atoms. The summed E-state index contributed by atoms with van der Waals surface area (Å²) in [4.78, 5) is 24.8. The lowest BCUT2D eigenvalue weighted by molar-refractivity contribution is -0.117. The maximum Gasteiger partial charge on any atom is 0.267 e. The monoisotopic (exact) mass is 375 g/mol. The molecular weight excluding hydrogens is 350 g/mol. The summed E-state index contributed by atoms with van der Waals surface area (Å²) in [5.41, 5.74) is 7.48. The number of nitrogens with one attached hydrogen (secondary N) is 1. The van der Waals surface area contributed by atoms with Crippen LogP contribution in [0.25, 0.3) is 11.3 Å². The normalized spacial score (nSPS) is 10.8. The quantitative estimate of drug-likeness (QED) is 0.747. The van der Waals surface area contributed by atoms with Crippen LogP contribution in [0.15, 0.2) is 47.3 Å². The van der Waals surface area contributed by atoms with Crippen LogP contribution in [0.5, 0.6) is 0 Å². The first-order valence-electron chi connectivity index (χ1n) is 9.28. The van der Waals surface area contributed by atoms with Crippen molar-refractivity contribution in [1.82, 2.24) is 9.78 Å². The Hall–Kier alpha value is -3.21. The molecule has 0 aliphatic carbocycles. The van der Waals surface area contributed by atoms with Crippen molar-refractivity contribution in [3.8, 4) is 11.3 Å². The summed E-state index contributed by atoms with van der Waals surface area (Å²) in [6, 6.07) is 13.3. The lowest BCUT2D eigenvalue weighted by Crippen LogP contribution is -2.29. The van der Waals surface area contributed by atoms with Crippen LogP contribution in [-0.4, -0.2) is 15.7 Å². The molecule has 0 aliphatic heterocycles. The van der Waals surface area contributed by atoms with Crippen molar-refractivity contribution in [2.24, 2.45) is 0 Å². The van der Waals surface area contributed by atoms with E-state index in [0.717, 1.165) is 39.1 Å². The molecule has 0 saturated heterocycles. The number of aryl methyl sites for hydroxylation is 5. The Balaban J connectivity index is 1.86. The van der Waals surface area contributed by atoms with Gasteiger partial charge in [-0.1, -0.05) is 41.5 Å². The van der Waals surface area contributed by atoms with Crippen LogP contribution in [0.4, 0.5) is 5.69 Å². The predicted octanol–water partition coefficient (Wildman–Crippen LogP) is 4.09. The maximum atomic E-state index is 12.6. The van der Waals surface area contributed by atoms with Gasteiger partial charge in [0.25, 0.3) is 5.56 Å². The van der Waals surface area contributed by atoms with Crippen LogP contribution in [-0.2, 0) is 11.3 Å². The summed E-state index contributed by atoms with van der Waals surface area (Å²) in [6.07, 6.45) is 0. The highest BCUT2D eigenvalue weighted by Crippen LogP contribution is 2.23. The van der Waals surface area contributed by atoms with Gasteiger partial charge < -0.3 is 5.32 Å². The summed E-state index contributed by atoms with van der Waals surface area (Å²) in [5.74, 6) is -0.276. The van der Waals surface area contributed by atoms with Gasteiger partial charge >= 0.3 is 0 Å². The Labute approximate surface area is 165 Å². The van der Waals surface area contributed by atoms with Gasteiger partial charge in [-0.3, -0.25) is 9.59 Å². The van der Waals surface area contributed by atoms with E-state index in [-0.39, 0.29) is 18.0 Å².